The van der Waals surface area contributed by atoms with E-state index in [2.05, 4.69) is 9.97 Å². The molecule has 0 aliphatic rings. The van der Waals surface area contributed by atoms with Crippen LogP contribution in [0.15, 0.2) is 40.6 Å². The maximum atomic E-state index is 13.1. The molecule has 2 heterocycles. The van der Waals surface area contributed by atoms with E-state index in [1.807, 2.05) is 0 Å². The summed E-state index contributed by atoms with van der Waals surface area (Å²) >= 11 is 0.798. The minimum Gasteiger partial charge on any atom is -0.480 e. The molecule has 146 valence electrons. The van der Waals surface area contributed by atoms with Crippen molar-refractivity contribution < 1.29 is 31.8 Å². The second kappa shape index (κ2) is 8.53. The molecule has 27 heavy (non-hydrogen) atoms. The molecule has 0 aromatic carbocycles. The number of methoxy groups -OCH3 is 2. The smallest absolute Gasteiger partial charge is 0.383 e. The van der Waals surface area contributed by atoms with Gasteiger partial charge in [0.25, 0.3) is 0 Å². The Hall–Kier alpha value is -2.40. The highest BCUT2D eigenvalue weighted by atomic mass is 32.2. The average molecular weight is 414 g/mol. The summed E-state index contributed by atoms with van der Waals surface area (Å²) < 4.78 is 37.4. The molecule has 0 fully saturated rings. The van der Waals surface area contributed by atoms with E-state index in [1.54, 1.807) is 19.9 Å². The van der Waals surface area contributed by atoms with Gasteiger partial charge in [-0.1, -0.05) is 23.9 Å². The van der Waals surface area contributed by atoms with Crippen molar-refractivity contribution in [2.24, 2.45) is 5.92 Å². The molecular formula is C16H20N3O6S2+. The summed E-state index contributed by atoms with van der Waals surface area (Å²) in [6.07, 6.45) is 1.35. The number of hydrogen-bond acceptors (Lipinski definition) is 8. The molecule has 0 aliphatic carbocycles. The quantitative estimate of drug-likeness (QED) is 0.386. The van der Waals surface area contributed by atoms with E-state index in [0.717, 1.165) is 15.7 Å². The molecule has 2 aromatic rings. The van der Waals surface area contributed by atoms with Gasteiger partial charge in [0.15, 0.2) is 5.03 Å². The van der Waals surface area contributed by atoms with Crippen LogP contribution in [0, 0.1) is 5.92 Å². The lowest BCUT2D eigenvalue weighted by atomic mass is 10.1. The van der Waals surface area contributed by atoms with Crippen molar-refractivity contribution in [3.63, 3.8) is 0 Å². The summed E-state index contributed by atoms with van der Waals surface area (Å²) in [5, 5.41) is 8.23. The van der Waals surface area contributed by atoms with Crippen LogP contribution >= 0.6 is 11.8 Å². The number of carboxylic acids is 1. The summed E-state index contributed by atoms with van der Waals surface area (Å²) in [6.45, 7) is 3.45. The number of pyridine rings is 1. The number of thioether (sulfide) groups is 1. The molecule has 11 heteroatoms. The molecule has 1 unspecified atom stereocenters. The summed E-state index contributed by atoms with van der Waals surface area (Å²) in [5.41, 5.74) is 0. The van der Waals surface area contributed by atoms with Gasteiger partial charge >= 0.3 is 32.9 Å². The summed E-state index contributed by atoms with van der Waals surface area (Å²) in [7, 11) is -1.52. The summed E-state index contributed by atoms with van der Waals surface area (Å²) in [5.74, 6) is -1.35. The van der Waals surface area contributed by atoms with Gasteiger partial charge in [0.1, 0.15) is 11.3 Å². The molecule has 1 N–H and O–H groups in total. The van der Waals surface area contributed by atoms with E-state index in [-0.39, 0.29) is 27.9 Å². The predicted molar refractivity (Wildman–Crippen MR) is 96.5 cm³/mol. The third-order valence-electron chi connectivity index (χ3n) is 3.47. The summed E-state index contributed by atoms with van der Waals surface area (Å²) in [6, 6.07) is 5.75. The highest BCUT2D eigenvalue weighted by Crippen LogP contribution is 2.29. The van der Waals surface area contributed by atoms with E-state index in [9.17, 15) is 18.3 Å². The van der Waals surface area contributed by atoms with Gasteiger partial charge in [-0.3, -0.25) is 4.79 Å². The molecule has 0 radical (unpaired) electrons. The van der Waals surface area contributed by atoms with Crippen LogP contribution in [0.3, 0.4) is 0 Å². The van der Waals surface area contributed by atoms with Gasteiger partial charge in [-0.05, 0) is 29.8 Å². The molecule has 2 rings (SSSR count). The van der Waals surface area contributed by atoms with Gasteiger partial charge in [-0.15, -0.1) is 0 Å². The number of aliphatic carboxylic acids is 1. The average Bonchev–Trinajstić information content (AvgIpc) is 2.65. The van der Waals surface area contributed by atoms with Crippen molar-refractivity contribution in [2.45, 2.75) is 29.3 Å². The minimum absolute atomic E-state index is 0.0807. The van der Waals surface area contributed by atoms with Crippen LogP contribution in [0.4, 0.5) is 0 Å². The topological polar surface area (TPSA) is 120 Å². The van der Waals surface area contributed by atoms with Gasteiger partial charge in [0.05, 0.1) is 14.2 Å². The second-order valence-corrected chi connectivity index (χ2v) is 8.52. The number of hydrogen-bond donors (Lipinski definition) is 1. The molecule has 0 saturated carbocycles. The van der Waals surface area contributed by atoms with Crippen molar-refractivity contribution in [3.05, 3.63) is 30.5 Å². The van der Waals surface area contributed by atoms with Gasteiger partial charge in [-0.2, -0.15) is 8.42 Å². The lowest BCUT2D eigenvalue weighted by Crippen LogP contribution is -2.47. The highest BCUT2D eigenvalue weighted by Gasteiger charge is 2.38. The van der Waals surface area contributed by atoms with Crippen molar-refractivity contribution >= 4 is 27.8 Å². The first-order valence-corrected chi connectivity index (χ1v) is 10.2. The third kappa shape index (κ3) is 4.48. The standard InChI is InChI=1S/C16H19N3O6S2/c1-10(2)14(15(20)21)26-16-18-11(24-3)9-13(25-4)19(16)27(22,23)12-7-5-6-8-17-12/h5-10,14H,1-4H3/p+1. The molecule has 9 nitrogen and oxygen atoms in total. The van der Waals surface area contributed by atoms with Gasteiger partial charge in [0, 0.05) is 11.2 Å². The minimum atomic E-state index is -4.19. The van der Waals surface area contributed by atoms with Crippen LogP contribution in [-0.4, -0.2) is 48.9 Å². The van der Waals surface area contributed by atoms with Gasteiger partial charge in [0.2, 0.25) is 0 Å². The van der Waals surface area contributed by atoms with E-state index in [1.165, 1.54) is 38.6 Å². The molecule has 1 atom stereocenters. The Morgan fingerprint density at radius 2 is 1.96 bits per heavy atom. The fourth-order valence-electron chi connectivity index (χ4n) is 2.15. The van der Waals surface area contributed by atoms with Crippen LogP contribution in [0.25, 0.3) is 0 Å². The predicted octanol–water partition coefficient (Wildman–Crippen LogP) is 1.22. The van der Waals surface area contributed by atoms with E-state index >= 15 is 0 Å². The number of nitrogens with zero attached hydrogens (tertiary/aromatic N) is 3. The molecule has 0 amide bonds. The lowest BCUT2D eigenvalue weighted by molar-refractivity contribution is -0.568. The fraction of sp³-hybridized carbons (Fsp3) is 0.375. The van der Waals surface area contributed by atoms with Crippen molar-refractivity contribution in [2.75, 3.05) is 14.2 Å². The Labute approximate surface area is 161 Å². The van der Waals surface area contributed by atoms with Crippen LogP contribution in [0.5, 0.6) is 11.8 Å². The molecule has 0 aliphatic heterocycles. The zero-order chi connectivity index (χ0) is 20.2. The monoisotopic (exact) mass is 414 g/mol. The van der Waals surface area contributed by atoms with E-state index in [4.69, 9.17) is 9.47 Å². The molecule has 0 saturated heterocycles. The number of carboxylic acid groups (broad SMARTS) is 1. The van der Waals surface area contributed by atoms with Crippen LogP contribution in [-0.2, 0) is 14.8 Å². The van der Waals surface area contributed by atoms with Crippen molar-refractivity contribution in [1.29, 1.82) is 0 Å². The van der Waals surface area contributed by atoms with Crippen LogP contribution in [0.1, 0.15) is 13.8 Å². The van der Waals surface area contributed by atoms with E-state index in [0.29, 0.717) is 0 Å². The van der Waals surface area contributed by atoms with Crippen molar-refractivity contribution in [1.82, 2.24) is 9.97 Å². The zero-order valence-corrected chi connectivity index (χ0v) is 16.8. The Kier molecular flexibility index (Phi) is 6.60. The summed E-state index contributed by atoms with van der Waals surface area (Å²) in [4.78, 5) is 19.6. The number of aromatic nitrogens is 3. The molecule has 0 bridgehead atoms. The first kappa shape index (κ1) is 20.9. The largest absolute Gasteiger partial charge is 0.480 e. The maximum absolute atomic E-state index is 13.1. The first-order chi connectivity index (χ1) is 12.7. The highest BCUT2D eigenvalue weighted by molar-refractivity contribution is 8.00. The van der Waals surface area contributed by atoms with Gasteiger partial charge < -0.3 is 14.6 Å². The van der Waals surface area contributed by atoms with Crippen LogP contribution < -0.4 is 13.4 Å². The first-order valence-electron chi connectivity index (χ1n) is 7.83. The SMILES string of the molecule is COc1cc(OC)[n+](S(=O)(=O)c2ccccn2)c(SC(C(=O)O)C(C)C)n1. The molecule has 0 spiro atoms. The number of ether oxygens (including phenoxy) is 2. The maximum Gasteiger partial charge on any atom is 0.383 e. The zero-order valence-electron chi connectivity index (χ0n) is 15.2. The number of rotatable bonds is 8. The number of carbonyl (C=O) groups is 1. The lowest BCUT2D eigenvalue weighted by Gasteiger charge is -2.15. The molecule has 2 aromatic heterocycles. The Morgan fingerprint density at radius 3 is 2.44 bits per heavy atom. The second-order valence-electron chi connectivity index (χ2n) is 5.68. The normalized spacial score (nSPS) is 12.6. The van der Waals surface area contributed by atoms with E-state index < -0.39 is 21.2 Å². The van der Waals surface area contributed by atoms with Crippen LogP contribution in [0.2, 0.25) is 0 Å². The Bertz CT molecular complexity index is 919. The van der Waals surface area contributed by atoms with Gasteiger partial charge in [-0.25, -0.2) is 4.98 Å². The Balaban J connectivity index is 2.73. The fourth-order valence-corrected chi connectivity index (χ4v) is 4.74. The molecular weight excluding hydrogens is 394 g/mol. The van der Waals surface area contributed by atoms with Crippen molar-refractivity contribution in [3.8, 4) is 11.8 Å². The third-order valence-corrected chi connectivity index (χ3v) is 6.67. The Morgan fingerprint density at radius 1 is 1.26 bits per heavy atom.